The molecule has 1 N–H and O–H groups in total. The van der Waals surface area contributed by atoms with Crippen molar-refractivity contribution in [2.75, 3.05) is 12.4 Å². The van der Waals surface area contributed by atoms with Crippen LogP contribution in [-0.2, 0) is 0 Å². The fourth-order valence-corrected chi connectivity index (χ4v) is 3.66. The molecule has 4 rings (SSSR count). The van der Waals surface area contributed by atoms with Crippen LogP contribution in [0.25, 0.3) is 21.3 Å². The number of halogens is 2. The minimum absolute atomic E-state index is 0. The molecule has 0 bridgehead atoms. The van der Waals surface area contributed by atoms with Crippen molar-refractivity contribution >= 4 is 57.1 Å². The lowest BCUT2D eigenvalue weighted by Crippen LogP contribution is -1.95. The smallest absolute Gasteiger partial charge is 0.143 e. The highest BCUT2D eigenvalue weighted by Gasteiger charge is 2.13. The number of anilines is 2. The summed E-state index contributed by atoms with van der Waals surface area (Å²) in [4.78, 5) is 9.78. The van der Waals surface area contributed by atoms with E-state index in [1.807, 2.05) is 48.5 Å². The summed E-state index contributed by atoms with van der Waals surface area (Å²) in [6.07, 6.45) is 1.58. The lowest BCUT2D eigenvalue weighted by Gasteiger charge is -2.09. The normalized spacial score (nSPS) is 10.4. The van der Waals surface area contributed by atoms with Crippen molar-refractivity contribution in [2.24, 2.45) is 0 Å². The average Bonchev–Trinajstić information content (AvgIpc) is 3.09. The number of aromatic nitrogens is 2. The van der Waals surface area contributed by atoms with Gasteiger partial charge in [0, 0.05) is 21.7 Å². The number of hydrogen-bond acceptors (Lipinski definition) is 5. The SMILES string of the molecule is COc1ccc(-c2csc3ncnc(Nc4ccc(Cl)cc4)c23)cc1.Cl. The maximum absolute atomic E-state index is 5.96. The molecule has 0 radical (unpaired) electrons. The highest BCUT2D eigenvalue weighted by Crippen LogP contribution is 2.37. The van der Waals surface area contributed by atoms with Gasteiger partial charge in [-0.3, -0.25) is 0 Å². The molecule has 0 saturated heterocycles. The Morgan fingerprint density at radius 1 is 1.00 bits per heavy atom. The summed E-state index contributed by atoms with van der Waals surface area (Å²) >= 11 is 7.56. The van der Waals surface area contributed by atoms with Gasteiger partial charge in [0.2, 0.25) is 0 Å². The molecule has 0 unspecified atom stereocenters. The van der Waals surface area contributed by atoms with Crippen LogP contribution < -0.4 is 10.1 Å². The first-order valence-corrected chi connectivity index (χ1v) is 8.89. The fraction of sp³-hybridized carbons (Fsp3) is 0.0526. The molecule has 0 aliphatic rings. The molecule has 0 aliphatic carbocycles. The zero-order chi connectivity index (χ0) is 17.2. The fourth-order valence-electron chi connectivity index (χ4n) is 2.62. The van der Waals surface area contributed by atoms with Crippen LogP contribution in [0.3, 0.4) is 0 Å². The second kappa shape index (κ2) is 7.91. The molecule has 0 amide bonds. The molecule has 0 atom stereocenters. The van der Waals surface area contributed by atoms with E-state index in [0.29, 0.717) is 5.02 Å². The Labute approximate surface area is 166 Å². The number of fused-ring (bicyclic) bond motifs is 1. The van der Waals surface area contributed by atoms with Gasteiger partial charge in [-0.15, -0.1) is 23.7 Å². The van der Waals surface area contributed by atoms with Crippen LogP contribution in [0.5, 0.6) is 5.75 Å². The molecule has 4 nitrogen and oxygen atoms in total. The van der Waals surface area contributed by atoms with E-state index in [9.17, 15) is 0 Å². The van der Waals surface area contributed by atoms with Crippen molar-refractivity contribution in [1.29, 1.82) is 0 Å². The number of methoxy groups -OCH3 is 1. The van der Waals surface area contributed by atoms with E-state index in [0.717, 1.165) is 38.6 Å². The van der Waals surface area contributed by atoms with Gasteiger partial charge in [-0.05, 0) is 42.0 Å². The largest absolute Gasteiger partial charge is 0.497 e. The maximum atomic E-state index is 5.96. The lowest BCUT2D eigenvalue weighted by molar-refractivity contribution is 0.415. The molecule has 26 heavy (non-hydrogen) atoms. The van der Waals surface area contributed by atoms with E-state index >= 15 is 0 Å². The third-order valence-corrected chi connectivity index (χ3v) is 5.02. The van der Waals surface area contributed by atoms with Crippen LogP contribution in [0.2, 0.25) is 5.02 Å². The maximum Gasteiger partial charge on any atom is 0.143 e. The standard InChI is InChI=1S/C19H14ClN3OS.ClH/c1-24-15-8-2-12(3-9-15)16-10-25-19-17(16)18(21-11-22-19)23-14-6-4-13(20)5-7-14;/h2-11H,1H3,(H,21,22,23);1H. The van der Waals surface area contributed by atoms with Gasteiger partial charge in [0.1, 0.15) is 22.7 Å². The molecule has 0 aliphatic heterocycles. The van der Waals surface area contributed by atoms with Gasteiger partial charge in [-0.25, -0.2) is 9.97 Å². The summed E-state index contributed by atoms with van der Waals surface area (Å²) in [5, 5.41) is 7.18. The first-order valence-electron chi connectivity index (χ1n) is 7.64. The van der Waals surface area contributed by atoms with E-state index in [4.69, 9.17) is 16.3 Å². The molecule has 2 aromatic heterocycles. The van der Waals surface area contributed by atoms with Gasteiger partial charge < -0.3 is 10.1 Å². The van der Waals surface area contributed by atoms with E-state index in [2.05, 4.69) is 20.7 Å². The van der Waals surface area contributed by atoms with Crippen molar-refractivity contribution in [3.05, 3.63) is 65.3 Å². The summed E-state index contributed by atoms with van der Waals surface area (Å²) in [5.41, 5.74) is 3.12. The van der Waals surface area contributed by atoms with Crippen LogP contribution in [0.15, 0.2) is 60.2 Å². The molecule has 0 saturated carbocycles. The lowest BCUT2D eigenvalue weighted by atomic mass is 10.1. The van der Waals surface area contributed by atoms with Crippen molar-refractivity contribution in [1.82, 2.24) is 9.97 Å². The van der Waals surface area contributed by atoms with Crippen molar-refractivity contribution in [2.45, 2.75) is 0 Å². The summed E-state index contributed by atoms with van der Waals surface area (Å²) < 4.78 is 5.24. The summed E-state index contributed by atoms with van der Waals surface area (Å²) in [7, 11) is 1.66. The van der Waals surface area contributed by atoms with Gasteiger partial charge >= 0.3 is 0 Å². The van der Waals surface area contributed by atoms with Gasteiger partial charge in [-0.1, -0.05) is 23.7 Å². The Hall–Kier alpha value is -2.34. The number of thiophene rings is 1. The molecule has 132 valence electrons. The molecular formula is C19H15Cl2N3OS. The number of rotatable bonds is 4. The zero-order valence-corrected chi connectivity index (χ0v) is 16.2. The Morgan fingerprint density at radius 3 is 2.42 bits per heavy atom. The van der Waals surface area contributed by atoms with Gasteiger partial charge in [0.25, 0.3) is 0 Å². The first kappa shape index (κ1) is 18.5. The molecule has 7 heteroatoms. The van der Waals surface area contributed by atoms with E-state index < -0.39 is 0 Å². The molecule has 4 aromatic rings. The molecule has 2 aromatic carbocycles. The minimum Gasteiger partial charge on any atom is -0.497 e. The first-order chi connectivity index (χ1) is 12.2. The predicted octanol–water partition coefficient (Wildman–Crippen LogP) is 6.19. The van der Waals surface area contributed by atoms with Crippen LogP contribution in [0.1, 0.15) is 0 Å². The summed E-state index contributed by atoms with van der Waals surface area (Å²) in [6.45, 7) is 0. The van der Waals surface area contributed by atoms with Crippen LogP contribution in [0, 0.1) is 0 Å². The van der Waals surface area contributed by atoms with Crippen molar-refractivity contribution in [3.63, 3.8) is 0 Å². The monoisotopic (exact) mass is 403 g/mol. The second-order valence-electron chi connectivity index (χ2n) is 5.41. The highest BCUT2D eigenvalue weighted by atomic mass is 35.5. The third kappa shape index (κ3) is 3.60. The molecule has 0 fully saturated rings. The van der Waals surface area contributed by atoms with E-state index in [1.54, 1.807) is 24.8 Å². The number of nitrogens with zero attached hydrogens (tertiary/aromatic N) is 2. The third-order valence-electron chi connectivity index (χ3n) is 3.88. The number of benzene rings is 2. The number of ether oxygens (including phenoxy) is 1. The van der Waals surface area contributed by atoms with Crippen LogP contribution in [-0.4, -0.2) is 17.1 Å². The van der Waals surface area contributed by atoms with Gasteiger partial charge in [0.05, 0.1) is 12.5 Å². The van der Waals surface area contributed by atoms with Crippen molar-refractivity contribution < 1.29 is 4.74 Å². The van der Waals surface area contributed by atoms with Gasteiger partial charge in [0.15, 0.2) is 0 Å². The van der Waals surface area contributed by atoms with E-state index in [1.165, 1.54) is 0 Å². The average molecular weight is 404 g/mol. The molecule has 0 spiro atoms. The van der Waals surface area contributed by atoms with Gasteiger partial charge in [-0.2, -0.15) is 0 Å². The predicted molar refractivity (Wildman–Crippen MR) is 111 cm³/mol. The summed E-state index contributed by atoms with van der Waals surface area (Å²) in [6, 6.07) is 15.5. The topological polar surface area (TPSA) is 47.0 Å². The minimum atomic E-state index is 0. The Kier molecular flexibility index (Phi) is 5.61. The van der Waals surface area contributed by atoms with Crippen LogP contribution in [0.4, 0.5) is 11.5 Å². The van der Waals surface area contributed by atoms with E-state index in [-0.39, 0.29) is 12.4 Å². The molecule has 2 heterocycles. The van der Waals surface area contributed by atoms with Crippen molar-refractivity contribution in [3.8, 4) is 16.9 Å². The second-order valence-corrected chi connectivity index (χ2v) is 6.71. The zero-order valence-electron chi connectivity index (χ0n) is 13.8. The number of nitrogens with one attached hydrogen (secondary N) is 1. The van der Waals surface area contributed by atoms with Crippen LogP contribution >= 0.6 is 35.3 Å². The Balaban J connectivity index is 0.00000196. The quantitative estimate of drug-likeness (QED) is 0.441. The Bertz CT molecular complexity index is 1020. The summed E-state index contributed by atoms with van der Waals surface area (Å²) in [5.74, 6) is 1.61. The Morgan fingerprint density at radius 2 is 1.73 bits per heavy atom. The molecular weight excluding hydrogens is 389 g/mol. The number of hydrogen-bond donors (Lipinski definition) is 1. The highest BCUT2D eigenvalue weighted by molar-refractivity contribution is 7.17.